The summed E-state index contributed by atoms with van der Waals surface area (Å²) in [7, 11) is 0. The molecule has 12 nitrogen and oxygen atoms in total. The average Bonchev–Trinajstić information content (AvgIpc) is 3.78. The number of aliphatic imine (C=N–C) groups is 1. The molecule has 4 aliphatic rings. The lowest BCUT2D eigenvalue weighted by Crippen LogP contribution is -2.54. The summed E-state index contributed by atoms with van der Waals surface area (Å²) in [5.41, 5.74) is 13.0. The number of hydrogen-bond acceptors (Lipinski definition) is 9. The van der Waals surface area contributed by atoms with Crippen molar-refractivity contribution in [3.63, 3.8) is 0 Å². The van der Waals surface area contributed by atoms with E-state index in [1.165, 1.54) is 12.4 Å². The van der Waals surface area contributed by atoms with Crippen LogP contribution in [0.3, 0.4) is 0 Å². The van der Waals surface area contributed by atoms with Crippen molar-refractivity contribution in [2.75, 3.05) is 23.3 Å². The largest absolute Gasteiger partial charge is 0.404 e. The van der Waals surface area contributed by atoms with Crippen LogP contribution in [-0.4, -0.2) is 65.8 Å². The van der Waals surface area contributed by atoms with Crippen molar-refractivity contribution >= 4 is 47.6 Å². The number of rotatable bonds is 8. The Hall–Kier alpha value is -5.75. The molecule has 1 unspecified atom stereocenters. The first-order valence-electron chi connectivity index (χ1n) is 17.3. The number of fused-ring (bicyclic) bond motifs is 2. The molecule has 262 valence electrons. The van der Waals surface area contributed by atoms with Gasteiger partial charge in [0.25, 0.3) is 11.8 Å². The molecule has 2 aromatic rings. The minimum Gasteiger partial charge on any atom is -0.404 e. The molecule has 6 rings (SSSR count). The fourth-order valence-electron chi connectivity index (χ4n) is 7.27. The summed E-state index contributed by atoms with van der Waals surface area (Å²) in [6, 6.07) is 6.77. The Morgan fingerprint density at radius 3 is 2.35 bits per heavy atom. The van der Waals surface area contributed by atoms with Crippen molar-refractivity contribution < 1.29 is 24.0 Å². The quantitative estimate of drug-likeness (QED) is 0.164. The molecule has 2 aromatic carbocycles. The number of nitrogens with two attached hydrogens (primary N) is 1. The van der Waals surface area contributed by atoms with Gasteiger partial charge >= 0.3 is 0 Å². The van der Waals surface area contributed by atoms with Gasteiger partial charge in [0, 0.05) is 48.9 Å². The maximum Gasteiger partial charge on any atom is 0.261 e. The van der Waals surface area contributed by atoms with Crippen molar-refractivity contribution in [2.24, 2.45) is 16.6 Å². The number of benzene rings is 2. The van der Waals surface area contributed by atoms with Crippen molar-refractivity contribution in [1.82, 2.24) is 10.2 Å². The third-order valence-electron chi connectivity index (χ3n) is 10.3. The van der Waals surface area contributed by atoms with Gasteiger partial charge in [-0.1, -0.05) is 17.9 Å². The molecule has 12 heteroatoms. The van der Waals surface area contributed by atoms with Crippen molar-refractivity contribution in [3.05, 3.63) is 68.9 Å². The van der Waals surface area contributed by atoms with Gasteiger partial charge < -0.3 is 16.0 Å². The van der Waals surface area contributed by atoms with E-state index in [0.29, 0.717) is 36.2 Å². The summed E-state index contributed by atoms with van der Waals surface area (Å²) in [4.78, 5) is 70.2. The molecular formula is C39H41N7O5. The van der Waals surface area contributed by atoms with Crippen LogP contribution < -0.4 is 21.3 Å². The number of nitriles is 1. The molecule has 0 spiro atoms. The second kappa shape index (κ2) is 14.2. The van der Waals surface area contributed by atoms with Crippen LogP contribution in [0.4, 0.5) is 11.4 Å². The van der Waals surface area contributed by atoms with Crippen LogP contribution in [0.15, 0.2) is 35.0 Å². The van der Waals surface area contributed by atoms with Crippen LogP contribution in [0.2, 0.25) is 0 Å². The molecule has 2 aliphatic heterocycles. The van der Waals surface area contributed by atoms with Gasteiger partial charge in [0.1, 0.15) is 11.6 Å². The third kappa shape index (κ3) is 6.87. The van der Waals surface area contributed by atoms with Crippen molar-refractivity contribution in [3.8, 4) is 17.9 Å². The average molecular weight is 688 g/mol. The topological polar surface area (TPSA) is 178 Å². The number of amides is 5. The highest BCUT2D eigenvalue weighted by atomic mass is 16.2. The zero-order valence-corrected chi connectivity index (χ0v) is 29.1. The molecule has 0 radical (unpaired) electrons. The summed E-state index contributed by atoms with van der Waals surface area (Å²) < 4.78 is 0. The normalized spacial score (nSPS) is 18.6. The third-order valence-corrected chi connectivity index (χ3v) is 10.3. The smallest absolute Gasteiger partial charge is 0.261 e. The number of aryl methyl sites for hydroxylation is 1. The molecule has 2 saturated heterocycles. The van der Waals surface area contributed by atoms with Gasteiger partial charge in [-0.2, -0.15) is 5.26 Å². The van der Waals surface area contributed by atoms with E-state index in [1.54, 1.807) is 32.9 Å². The highest BCUT2D eigenvalue weighted by Crippen LogP contribution is 2.42. The predicted molar refractivity (Wildman–Crippen MR) is 192 cm³/mol. The van der Waals surface area contributed by atoms with Crippen LogP contribution in [0.5, 0.6) is 0 Å². The number of hydrogen-bond donors (Lipinski definition) is 3. The molecule has 2 aliphatic carbocycles. The van der Waals surface area contributed by atoms with E-state index >= 15 is 0 Å². The summed E-state index contributed by atoms with van der Waals surface area (Å²) in [5, 5.41) is 15.2. The Bertz CT molecular complexity index is 1970. The van der Waals surface area contributed by atoms with E-state index in [4.69, 9.17) is 5.73 Å². The lowest BCUT2D eigenvalue weighted by molar-refractivity contribution is -0.139. The monoisotopic (exact) mass is 687 g/mol. The zero-order chi connectivity index (χ0) is 36.4. The van der Waals surface area contributed by atoms with Crippen LogP contribution in [-0.2, 0) is 44.9 Å². The van der Waals surface area contributed by atoms with E-state index in [-0.39, 0.29) is 24.7 Å². The number of anilines is 2. The second-order valence-electron chi connectivity index (χ2n) is 14.0. The van der Waals surface area contributed by atoms with Crippen molar-refractivity contribution in [1.29, 1.82) is 5.26 Å². The van der Waals surface area contributed by atoms with E-state index in [2.05, 4.69) is 38.4 Å². The molecule has 0 bridgehead atoms. The van der Waals surface area contributed by atoms with Crippen molar-refractivity contribution in [2.45, 2.75) is 83.7 Å². The van der Waals surface area contributed by atoms with Gasteiger partial charge in [0.2, 0.25) is 18.2 Å². The first-order chi connectivity index (χ1) is 24.4. The van der Waals surface area contributed by atoms with Gasteiger partial charge in [-0.05, 0) is 106 Å². The van der Waals surface area contributed by atoms with Gasteiger partial charge in [-0.3, -0.25) is 39.2 Å². The number of allylic oxidation sites excluding steroid dienone is 1. The molecule has 2 fully saturated rings. The maximum absolute atomic E-state index is 13.6. The second-order valence-corrected chi connectivity index (χ2v) is 14.0. The van der Waals surface area contributed by atoms with Crippen LogP contribution in [0, 0.1) is 36.0 Å². The molecule has 0 aromatic heterocycles. The standard InChI is InChI=1S/C39H41N7O5/c1-23-10-13-26(16-31(23)37(50)46(22-47)33-14-15-34(48)43-36(33)49)45-20-25(21-45)12-11-24(17-40)19-42-39(2,3)38(51)44-35-29-8-4-6-27(29)32(18-41)28-7-5-9-30(28)35/h10,13,16-17,19,22,25,33H,4-9,14-15,20-21,40H2,1-3H3,(H,44,51)(H,43,48,49). The van der Waals surface area contributed by atoms with E-state index in [1.807, 2.05) is 6.07 Å². The Labute approximate surface area is 297 Å². The molecule has 51 heavy (non-hydrogen) atoms. The summed E-state index contributed by atoms with van der Waals surface area (Å²) in [6.07, 6.45) is 8.70. The van der Waals surface area contributed by atoms with Crippen LogP contribution in [0.1, 0.15) is 83.3 Å². The Morgan fingerprint density at radius 1 is 1.08 bits per heavy atom. The van der Waals surface area contributed by atoms with Crippen LogP contribution >= 0.6 is 0 Å². The number of nitrogens with one attached hydrogen (secondary N) is 2. The summed E-state index contributed by atoms with van der Waals surface area (Å²) >= 11 is 0. The first-order valence-corrected chi connectivity index (χ1v) is 17.3. The fourth-order valence-corrected chi connectivity index (χ4v) is 7.27. The number of piperidine rings is 1. The Morgan fingerprint density at radius 2 is 1.75 bits per heavy atom. The van der Waals surface area contributed by atoms with Gasteiger partial charge in [-0.25, -0.2) is 0 Å². The summed E-state index contributed by atoms with van der Waals surface area (Å²) in [5.74, 6) is 4.37. The molecular weight excluding hydrogens is 646 g/mol. The van der Waals surface area contributed by atoms with E-state index in [0.717, 1.165) is 82.6 Å². The fraction of sp³-hybridized carbons (Fsp3) is 0.410. The SMILES string of the molecule is Cc1ccc(N2CC(C#CC(C=NC(C)(C)C(=O)Nc3c4c(c(C#N)c5c3CCC5)CCC4)=CN)C2)cc1C(=O)N(C=O)C1CCC(=O)NC1=O. The predicted octanol–water partition coefficient (Wildman–Crippen LogP) is 3.02. The molecule has 0 saturated carbocycles. The molecule has 1 atom stereocenters. The Balaban J connectivity index is 1.08. The lowest BCUT2D eigenvalue weighted by Gasteiger charge is -2.38. The van der Waals surface area contributed by atoms with Crippen LogP contribution in [0.25, 0.3) is 0 Å². The number of carbonyl (C=O) groups is 5. The lowest BCUT2D eigenvalue weighted by atomic mass is 9.92. The molecule has 2 heterocycles. The Kier molecular flexibility index (Phi) is 9.80. The summed E-state index contributed by atoms with van der Waals surface area (Å²) in [6.45, 7) is 6.43. The number of nitrogens with zero attached hydrogens (tertiary/aromatic N) is 4. The van der Waals surface area contributed by atoms with Gasteiger partial charge in [0.15, 0.2) is 0 Å². The van der Waals surface area contributed by atoms with E-state index in [9.17, 15) is 29.2 Å². The zero-order valence-electron chi connectivity index (χ0n) is 29.1. The maximum atomic E-state index is 13.6. The number of carbonyl (C=O) groups excluding carboxylic acids is 5. The van der Waals surface area contributed by atoms with Gasteiger partial charge in [0.05, 0.1) is 23.1 Å². The minimum absolute atomic E-state index is 0.0145. The molecule has 4 N–H and O–H groups in total. The molecule has 5 amide bonds. The van der Waals surface area contributed by atoms with E-state index < -0.39 is 29.3 Å². The van der Waals surface area contributed by atoms with Gasteiger partial charge in [-0.15, -0.1) is 0 Å². The minimum atomic E-state index is -1.10. The highest BCUT2D eigenvalue weighted by Gasteiger charge is 2.36. The highest BCUT2D eigenvalue weighted by molar-refractivity contribution is 6.08. The first kappa shape index (κ1) is 35.1. The number of imide groups is 2.